The third-order valence-corrected chi connectivity index (χ3v) is 3.09. The van der Waals surface area contributed by atoms with Gasteiger partial charge in [0.25, 0.3) is 0 Å². The van der Waals surface area contributed by atoms with Gasteiger partial charge in [-0.05, 0) is 30.2 Å². The molecule has 0 amide bonds. The fourth-order valence-corrected chi connectivity index (χ4v) is 1.94. The molecule has 1 nitrogen and oxygen atoms in total. The summed E-state index contributed by atoms with van der Waals surface area (Å²) < 4.78 is 0. The summed E-state index contributed by atoms with van der Waals surface area (Å²) in [6.45, 7) is 7.86. The number of benzene rings is 1. The van der Waals surface area contributed by atoms with Crippen LogP contribution in [0.15, 0.2) is 29.2 Å². The van der Waals surface area contributed by atoms with Crippen molar-refractivity contribution in [2.24, 2.45) is 5.41 Å². The van der Waals surface area contributed by atoms with Gasteiger partial charge in [0.15, 0.2) is 0 Å². The summed E-state index contributed by atoms with van der Waals surface area (Å²) in [5.41, 5.74) is 1.66. The third kappa shape index (κ3) is 4.61. The Labute approximate surface area is 97.7 Å². The Morgan fingerprint density at radius 2 is 1.87 bits per heavy atom. The van der Waals surface area contributed by atoms with Gasteiger partial charge in [0, 0.05) is 17.1 Å². The molecule has 0 atom stereocenters. The molecule has 0 aliphatic heterocycles. The molecule has 0 saturated heterocycles. The molecular weight excluding hydrogens is 202 g/mol. The van der Waals surface area contributed by atoms with E-state index in [1.165, 1.54) is 17.0 Å². The Morgan fingerprint density at radius 1 is 1.20 bits per heavy atom. The first-order valence-corrected chi connectivity index (χ1v) is 6.62. The average molecular weight is 223 g/mol. The number of hydrogen-bond donors (Lipinski definition) is 1. The van der Waals surface area contributed by atoms with Gasteiger partial charge in [-0.2, -0.15) is 0 Å². The molecule has 0 radical (unpaired) electrons. The highest BCUT2D eigenvalue weighted by atomic mass is 32.2. The third-order valence-electron chi connectivity index (χ3n) is 2.30. The minimum absolute atomic E-state index is 0.404. The topological polar surface area (TPSA) is 12.0 Å². The van der Waals surface area contributed by atoms with E-state index in [-0.39, 0.29) is 0 Å². The van der Waals surface area contributed by atoms with Gasteiger partial charge in [0.1, 0.15) is 0 Å². The highest BCUT2D eigenvalue weighted by Crippen LogP contribution is 2.25. The molecule has 1 rings (SSSR count). The Bertz CT molecular complexity index is 302. The number of hydrogen-bond acceptors (Lipinski definition) is 2. The molecule has 1 aromatic rings. The van der Waals surface area contributed by atoms with E-state index >= 15 is 0 Å². The van der Waals surface area contributed by atoms with Crippen molar-refractivity contribution in [3.8, 4) is 0 Å². The Balaban J connectivity index is 2.50. The van der Waals surface area contributed by atoms with Crippen LogP contribution in [0.2, 0.25) is 0 Å². The second-order valence-corrected chi connectivity index (χ2v) is 5.79. The fourth-order valence-electron chi connectivity index (χ4n) is 1.36. The second kappa shape index (κ2) is 5.45. The zero-order chi connectivity index (χ0) is 11.3. The van der Waals surface area contributed by atoms with E-state index in [1.807, 2.05) is 0 Å². The molecule has 0 spiro atoms. The van der Waals surface area contributed by atoms with Crippen LogP contribution in [0.4, 0.5) is 5.69 Å². The predicted molar refractivity (Wildman–Crippen MR) is 70.8 cm³/mol. The summed E-state index contributed by atoms with van der Waals surface area (Å²) in [5.74, 6) is 0. The van der Waals surface area contributed by atoms with Crippen molar-refractivity contribution in [3.05, 3.63) is 24.3 Å². The van der Waals surface area contributed by atoms with E-state index in [0.29, 0.717) is 5.41 Å². The molecule has 1 N–H and O–H groups in total. The van der Waals surface area contributed by atoms with Crippen molar-refractivity contribution in [1.29, 1.82) is 0 Å². The standard InChI is InChI=1S/C13H21NS/c1-13(2,3)9-10-14-11-7-5-6-8-12(11)15-4/h5-8,14H,9-10H2,1-4H3. The molecule has 0 bridgehead atoms. The van der Waals surface area contributed by atoms with Crippen molar-refractivity contribution in [2.75, 3.05) is 18.1 Å². The highest BCUT2D eigenvalue weighted by molar-refractivity contribution is 7.98. The summed E-state index contributed by atoms with van der Waals surface area (Å²) in [4.78, 5) is 1.33. The van der Waals surface area contributed by atoms with Crippen molar-refractivity contribution >= 4 is 17.4 Å². The number of anilines is 1. The maximum atomic E-state index is 3.50. The van der Waals surface area contributed by atoms with E-state index in [9.17, 15) is 0 Å². The zero-order valence-electron chi connectivity index (χ0n) is 10.1. The van der Waals surface area contributed by atoms with Crippen molar-refractivity contribution in [3.63, 3.8) is 0 Å². The number of para-hydroxylation sites is 1. The Hall–Kier alpha value is -0.630. The number of thioether (sulfide) groups is 1. The van der Waals surface area contributed by atoms with Crippen LogP contribution >= 0.6 is 11.8 Å². The largest absolute Gasteiger partial charge is 0.384 e. The van der Waals surface area contributed by atoms with Crippen LogP contribution in [0.3, 0.4) is 0 Å². The monoisotopic (exact) mass is 223 g/mol. The SMILES string of the molecule is CSc1ccccc1NCCC(C)(C)C. The fraction of sp³-hybridized carbons (Fsp3) is 0.538. The number of rotatable bonds is 4. The number of nitrogens with one attached hydrogen (secondary N) is 1. The van der Waals surface area contributed by atoms with E-state index in [4.69, 9.17) is 0 Å². The summed E-state index contributed by atoms with van der Waals surface area (Å²) in [6.07, 6.45) is 3.31. The van der Waals surface area contributed by atoms with Crippen LogP contribution in [0.1, 0.15) is 27.2 Å². The maximum absolute atomic E-state index is 3.50. The van der Waals surface area contributed by atoms with Crippen LogP contribution in [0.25, 0.3) is 0 Å². The maximum Gasteiger partial charge on any atom is 0.0478 e. The lowest BCUT2D eigenvalue weighted by molar-refractivity contribution is 0.389. The molecule has 0 heterocycles. The van der Waals surface area contributed by atoms with Crippen LogP contribution in [0.5, 0.6) is 0 Å². The minimum atomic E-state index is 0.404. The first kappa shape index (κ1) is 12.4. The molecule has 84 valence electrons. The molecule has 0 unspecified atom stereocenters. The van der Waals surface area contributed by atoms with Crippen LogP contribution in [0, 0.1) is 5.41 Å². The molecule has 1 aromatic carbocycles. The van der Waals surface area contributed by atoms with Crippen molar-refractivity contribution in [1.82, 2.24) is 0 Å². The van der Waals surface area contributed by atoms with E-state index < -0.39 is 0 Å². The van der Waals surface area contributed by atoms with Crippen molar-refractivity contribution < 1.29 is 0 Å². The average Bonchev–Trinajstić information content (AvgIpc) is 2.16. The van der Waals surface area contributed by atoms with Gasteiger partial charge < -0.3 is 5.32 Å². The van der Waals surface area contributed by atoms with Gasteiger partial charge >= 0.3 is 0 Å². The lowest BCUT2D eigenvalue weighted by atomic mass is 9.92. The molecule has 0 aromatic heterocycles. The zero-order valence-corrected chi connectivity index (χ0v) is 10.9. The van der Waals surface area contributed by atoms with Gasteiger partial charge in [-0.1, -0.05) is 32.9 Å². The summed E-state index contributed by atoms with van der Waals surface area (Å²) in [6, 6.07) is 8.47. The van der Waals surface area contributed by atoms with Crippen LogP contribution < -0.4 is 5.32 Å². The quantitative estimate of drug-likeness (QED) is 0.766. The normalized spacial score (nSPS) is 11.5. The Kier molecular flexibility index (Phi) is 4.52. The summed E-state index contributed by atoms with van der Waals surface area (Å²) in [7, 11) is 0. The molecule has 2 heteroatoms. The molecule has 0 saturated carbocycles. The minimum Gasteiger partial charge on any atom is -0.384 e. The second-order valence-electron chi connectivity index (χ2n) is 4.94. The first-order chi connectivity index (χ1) is 7.03. The summed E-state index contributed by atoms with van der Waals surface area (Å²) in [5, 5.41) is 3.50. The van der Waals surface area contributed by atoms with Gasteiger partial charge in [-0.15, -0.1) is 11.8 Å². The molecule has 0 aliphatic rings. The van der Waals surface area contributed by atoms with Crippen LogP contribution in [-0.4, -0.2) is 12.8 Å². The van der Waals surface area contributed by atoms with Gasteiger partial charge in [-0.25, -0.2) is 0 Å². The van der Waals surface area contributed by atoms with Crippen LogP contribution in [-0.2, 0) is 0 Å². The summed E-state index contributed by atoms with van der Waals surface area (Å²) >= 11 is 1.79. The first-order valence-electron chi connectivity index (χ1n) is 5.40. The molecule has 0 fully saturated rings. The van der Waals surface area contributed by atoms with Crippen molar-refractivity contribution in [2.45, 2.75) is 32.1 Å². The van der Waals surface area contributed by atoms with Gasteiger partial charge in [0.05, 0.1) is 0 Å². The highest BCUT2D eigenvalue weighted by Gasteiger charge is 2.09. The molecule has 0 aliphatic carbocycles. The lowest BCUT2D eigenvalue weighted by Crippen LogP contribution is -2.13. The van der Waals surface area contributed by atoms with E-state index in [0.717, 1.165) is 6.54 Å². The smallest absolute Gasteiger partial charge is 0.0478 e. The predicted octanol–water partition coefficient (Wildman–Crippen LogP) is 4.26. The van der Waals surface area contributed by atoms with Gasteiger partial charge in [0.2, 0.25) is 0 Å². The molecular formula is C13H21NS. The van der Waals surface area contributed by atoms with E-state index in [2.05, 4.69) is 56.6 Å². The lowest BCUT2D eigenvalue weighted by Gasteiger charge is -2.19. The van der Waals surface area contributed by atoms with Gasteiger partial charge in [-0.3, -0.25) is 0 Å². The Morgan fingerprint density at radius 3 is 2.47 bits per heavy atom. The molecule has 15 heavy (non-hydrogen) atoms. The van der Waals surface area contributed by atoms with E-state index in [1.54, 1.807) is 11.8 Å².